The van der Waals surface area contributed by atoms with Gasteiger partial charge >= 0.3 is 0 Å². The van der Waals surface area contributed by atoms with Crippen LogP contribution in [0.1, 0.15) is 17.0 Å². The molecule has 32 heavy (non-hydrogen) atoms. The van der Waals surface area contributed by atoms with E-state index in [4.69, 9.17) is 35.2 Å². The maximum Gasteiger partial charge on any atom is 0.231 e. The molecule has 0 saturated heterocycles. The quantitative estimate of drug-likeness (QED) is 0.398. The first-order valence-electron chi connectivity index (χ1n) is 10.2. The molecule has 3 heterocycles. The first kappa shape index (κ1) is 20.6. The minimum atomic E-state index is 0.186. The van der Waals surface area contributed by atoms with Crippen LogP contribution in [0.15, 0.2) is 47.0 Å². The van der Waals surface area contributed by atoms with Crippen molar-refractivity contribution in [2.45, 2.75) is 20.0 Å². The summed E-state index contributed by atoms with van der Waals surface area (Å²) in [7, 11) is 3.71. The zero-order valence-electron chi connectivity index (χ0n) is 18.0. The Balaban J connectivity index is 1.38. The number of pyridine rings is 1. The summed E-state index contributed by atoms with van der Waals surface area (Å²) in [4.78, 5) is 11.4. The van der Waals surface area contributed by atoms with Crippen LogP contribution in [0, 0.1) is 6.92 Å². The molecule has 0 unspecified atom stereocenters. The van der Waals surface area contributed by atoms with E-state index in [-0.39, 0.29) is 6.79 Å². The Morgan fingerprint density at radius 3 is 2.75 bits per heavy atom. The Labute approximate surface area is 190 Å². The maximum absolute atomic E-state index is 6.44. The van der Waals surface area contributed by atoms with Crippen LogP contribution < -0.4 is 14.2 Å². The van der Waals surface area contributed by atoms with E-state index in [2.05, 4.69) is 22.0 Å². The number of hydrogen-bond acceptors (Lipinski definition) is 7. The van der Waals surface area contributed by atoms with Gasteiger partial charge in [-0.3, -0.25) is 9.88 Å². The van der Waals surface area contributed by atoms with Crippen molar-refractivity contribution in [3.8, 4) is 28.7 Å². The van der Waals surface area contributed by atoms with E-state index in [9.17, 15) is 0 Å². The summed E-state index contributed by atoms with van der Waals surface area (Å²) in [5, 5.41) is 1.58. The van der Waals surface area contributed by atoms with E-state index in [1.165, 1.54) is 0 Å². The predicted octanol–water partition coefficient (Wildman–Crippen LogP) is 5.22. The van der Waals surface area contributed by atoms with Gasteiger partial charge in [-0.25, -0.2) is 4.98 Å². The van der Waals surface area contributed by atoms with E-state index in [0.29, 0.717) is 34.5 Å². The van der Waals surface area contributed by atoms with Crippen molar-refractivity contribution in [1.82, 2.24) is 14.9 Å². The summed E-state index contributed by atoms with van der Waals surface area (Å²) in [6, 6.07) is 11.6. The van der Waals surface area contributed by atoms with Gasteiger partial charge in [-0.05, 0) is 37.7 Å². The van der Waals surface area contributed by atoms with Gasteiger partial charge in [0.25, 0.3) is 0 Å². The molecule has 0 atom stereocenters. The van der Waals surface area contributed by atoms with Crippen LogP contribution >= 0.6 is 11.6 Å². The first-order valence-corrected chi connectivity index (χ1v) is 10.6. The van der Waals surface area contributed by atoms with Crippen molar-refractivity contribution >= 4 is 22.5 Å². The molecule has 0 bridgehead atoms. The lowest BCUT2D eigenvalue weighted by molar-refractivity contribution is 0.174. The molecule has 4 aromatic rings. The summed E-state index contributed by atoms with van der Waals surface area (Å²) >= 11 is 6.44. The van der Waals surface area contributed by atoms with Crippen LogP contribution in [-0.4, -0.2) is 35.8 Å². The smallest absolute Gasteiger partial charge is 0.231 e. The second-order valence-corrected chi connectivity index (χ2v) is 8.11. The van der Waals surface area contributed by atoms with Crippen molar-refractivity contribution in [3.05, 3.63) is 64.6 Å². The standard InChI is InChI=1S/C24H22ClN3O4/c1-14-19(27-24(32-14)17-9-21-22(10-18(17)25)31-13-30-21)12-28(2)11-15-6-7-20(29-3)23-16(15)5-4-8-26-23/h4-10H,11-13H2,1-3H3. The zero-order valence-corrected chi connectivity index (χ0v) is 18.8. The Hall–Kier alpha value is -3.29. The highest BCUT2D eigenvalue weighted by molar-refractivity contribution is 6.33. The van der Waals surface area contributed by atoms with Crippen LogP contribution in [0.25, 0.3) is 22.4 Å². The summed E-state index contributed by atoms with van der Waals surface area (Å²) in [5.74, 6) is 3.25. The van der Waals surface area contributed by atoms with Gasteiger partial charge in [0.1, 0.15) is 17.0 Å². The fourth-order valence-electron chi connectivity index (χ4n) is 3.88. The normalized spacial score (nSPS) is 12.7. The topological polar surface area (TPSA) is 69.9 Å². The van der Waals surface area contributed by atoms with Gasteiger partial charge in [-0.15, -0.1) is 0 Å². The highest BCUT2D eigenvalue weighted by atomic mass is 35.5. The van der Waals surface area contributed by atoms with E-state index < -0.39 is 0 Å². The van der Waals surface area contributed by atoms with Crippen molar-refractivity contribution < 1.29 is 18.6 Å². The maximum atomic E-state index is 6.44. The minimum Gasteiger partial charge on any atom is -0.494 e. The molecule has 0 aliphatic carbocycles. The third-order valence-corrected chi connectivity index (χ3v) is 5.80. The number of ether oxygens (including phenoxy) is 3. The molecule has 0 radical (unpaired) electrons. The number of fused-ring (bicyclic) bond motifs is 2. The summed E-state index contributed by atoms with van der Waals surface area (Å²) in [6.07, 6.45) is 1.78. The number of nitrogens with zero attached hydrogens (tertiary/aromatic N) is 3. The average Bonchev–Trinajstić information content (AvgIpc) is 3.39. The van der Waals surface area contributed by atoms with E-state index >= 15 is 0 Å². The Kier molecular flexibility index (Phi) is 5.36. The molecule has 0 fully saturated rings. The van der Waals surface area contributed by atoms with Crippen molar-refractivity contribution in [2.24, 2.45) is 0 Å². The highest BCUT2D eigenvalue weighted by Crippen LogP contribution is 2.41. The second kappa shape index (κ2) is 8.33. The van der Waals surface area contributed by atoms with E-state index in [0.717, 1.165) is 40.2 Å². The number of aryl methyl sites for hydroxylation is 1. The molecule has 0 amide bonds. The largest absolute Gasteiger partial charge is 0.494 e. The molecule has 0 saturated carbocycles. The van der Waals surface area contributed by atoms with Gasteiger partial charge in [0.2, 0.25) is 12.7 Å². The van der Waals surface area contributed by atoms with Gasteiger partial charge in [-0.1, -0.05) is 23.7 Å². The van der Waals surface area contributed by atoms with Crippen LogP contribution in [0.5, 0.6) is 17.2 Å². The molecular formula is C24H22ClN3O4. The Bertz CT molecular complexity index is 1300. The van der Waals surface area contributed by atoms with Gasteiger partial charge in [-0.2, -0.15) is 0 Å². The van der Waals surface area contributed by atoms with Crippen LogP contribution in [-0.2, 0) is 13.1 Å². The lowest BCUT2D eigenvalue weighted by atomic mass is 10.1. The van der Waals surface area contributed by atoms with Gasteiger partial charge in [0, 0.05) is 30.7 Å². The number of aromatic nitrogens is 2. The molecule has 0 spiro atoms. The van der Waals surface area contributed by atoms with Crippen LogP contribution in [0.3, 0.4) is 0 Å². The highest BCUT2D eigenvalue weighted by Gasteiger charge is 2.21. The SMILES string of the molecule is COc1ccc(CN(C)Cc2nc(-c3cc4c(cc3Cl)OCO4)oc2C)c2cccnc12. The second-order valence-electron chi connectivity index (χ2n) is 7.71. The number of hydrogen-bond donors (Lipinski definition) is 0. The number of oxazole rings is 1. The zero-order chi connectivity index (χ0) is 22.2. The number of rotatable bonds is 6. The molecule has 7 nitrogen and oxygen atoms in total. The van der Waals surface area contributed by atoms with Crippen molar-refractivity contribution in [2.75, 3.05) is 21.0 Å². The fraction of sp³-hybridized carbons (Fsp3) is 0.250. The number of halogens is 1. The molecule has 1 aliphatic heterocycles. The Morgan fingerprint density at radius 2 is 1.94 bits per heavy atom. The fourth-order valence-corrected chi connectivity index (χ4v) is 4.12. The molecule has 164 valence electrons. The lowest BCUT2D eigenvalue weighted by Crippen LogP contribution is -2.18. The molecule has 8 heteroatoms. The lowest BCUT2D eigenvalue weighted by Gasteiger charge is -2.17. The van der Waals surface area contributed by atoms with E-state index in [1.54, 1.807) is 25.4 Å². The molecule has 2 aromatic heterocycles. The molecule has 5 rings (SSSR count). The van der Waals surface area contributed by atoms with E-state index in [1.807, 2.05) is 26.1 Å². The molecule has 2 aromatic carbocycles. The first-order chi connectivity index (χ1) is 15.5. The monoisotopic (exact) mass is 451 g/mol. The molecule has 1 aliphatic rings. The molecular weight excluding hydrogens is 430 g/mol. The van der Waals surface area contributed by atoms with Crippen molar-refractivity contribution in [3.63, 3.8) is 0 Å². The van der Waals surface area contributed by atoms with Gasteiger partial charge in [0.05, 0.1) is 23.4 Å². The third-order valence-electron chi connectivity index (χ3n) is 5.49. The van der Waals surface area contributed by atoms with Gasteiger partial charge in [0.15, 0.2) is 11.5 Å². The average molecular weight is 452 g/mol. The third kappa shape index (κ3) is 3.74. The number of methoxy groups -OCH3 is 1. The summed E-state index contributed by atoms with van der Waals surface area (Å²) < 4.78 is 22.2. The summed E-state index contributed by atoms with van der Waals surface area (Å²) in [6.45, 7) is 3.43. The Morgan fingerprint density at radius 1 is 1.12 bits per heavy atom. The summed E-state index contributed by atoms with van der Waals surface area (Å²) in [5.41, 5.74) is 3.56. The minimum absolute atomic E-state index is 0.186. The van der Waals surface area contributed by atoms with Crippen molar-refractivity contribution in [1.29, 1.82) is 0 Å². The molecule has 0 N–H and O–H groups in total. The van der Waals surface area contributed by atoms with Crippen LogP contribution in [0.2, 0.25) is 5.02 Å². The van der Waals surface area contributed by atoms with Crippen LogP contribution in [0.4, 0.5) is 0 Å². The van der Waals surface area contributed by atoms with Gasteiger partial charge < -0.3 is 18.6 Å². The number of benzene rings is 2. The predicted molar refractivity (Wildman–Crippen MR) is 121 cm³/mol.